The van der Waals surface area contributed by atoms with Crippen molar-refractivity contribution in [2.45, 2.75) is 55.7 Å². The number of hydrogen-bond acceptors (Lipinski definition) is 5. The second-order valence-corrected chi connectivity index (χ2v) is 11.2. The molecule has 0 aromatic carbocycles. The molecule has 1 aliphatic carbocycles. The Hall–Kier alpha value is -0.810. The topological polar surface area (TPSA) is 102 Å². The molecule has 1 saturated carbocycles. The Bertz CT molecular complexity index is 796. The van der Waals surface area contributed by atoms with Crippen LogP contribution in [0, 0.1) is 30.1 Å². The monoisotopic (exact) mass is 452 g/mol. The van der Waals surface area contributed by atoms with E-state index < -0.39 is 36.7 Å². The third kappa shape index (κ3) is 9.60. The van der Waals surface area contributed by atoms with Gasteiger partial charge in [-0.1, -0.05) is 12.8 Å². The van der Waals surface area contributed by atoms with Gasteiger partial charge in [0.1, 0.15) is 0 Å². The predicted molar refractivity (Wildman–Crippen MR) is 112 cm³/mol. The summed E-state index contributed by atoms with van der Waals surface area (Å²) >= 11 is 6.16. The van der Waals surface area contributed by atoms with Crippen LogP contribution < -0.4 is 9.44 Å². The highest BCUT2D eigenvalue weighted by Gasteiger charge is 2.37. The number of alkyl halides is 1. The van der Waals surface area contributed by atoms with E-state index >= 15 is 0 Å². The summed E-state index contributed by atoms with van der Waals surface area (Å²) in [5.41, 5.74) is 0. The van der Waals surface area contributed by atoms with Crippen molar-refractivity contribution in [3.8, 4) is 24.2 Å². The van der Waals surface area contributed by atoms with Gasteiger partial charge in [-0.2, -0.15) is 0 Å². The molecule has 0 aromatic heterocycles. The summed E-state index contributed by atoms with van der Waals surface area (Å²) in [5.74, 6) is 7.84. The van der Waals surface area contributed by atoms with E-state index in [-0.39, 0.29) is 18.9 Å². The highest BCUT2D eigenvalue weighted by molar-refractivity contribution is 7.90. The molecule has 7 nitrogen and oxygen atoms in total. The van der Waals surface area contributed by atoms with Gasteiger partial charge in [-0.15, -0.1) is 18.0 Å². The molecule has 1 fully saturated rings. The van der Waals surface area contributed by atoms with E-state index in [9.17, 15) is 16.8 Å². The van der Waals surface area contributed by atoms with Crippen LogP contribution >= 0.6 is 11.6 Å². The van der Waals surface area contributed by atoms with Crippen molar-refractivity contribution < 1.29 is 21.6 Å². The maximum atomic E-state index is 12.5. The van der Waals surface area contributed by atoms with E-state index in [1.807, 2.05) is 6.92 Å². The Morgan fingerprint density at radius 2 is 2.00 bits per heavy atom. The number of nitrogens with one attached hydrogen (secondary N) is 2. The number of hydrogen-bond donors (Lipinski definition) is 2. The van der Waals surface area contributed by atoms with Crippen molar-refractivity contribution in [2.24, 2.45) is 5.92 Å². The molecule has 0 aromatic rings. The van der Waals surface area contributed by atoms with Crippen molar-refractivity contribution in [3.05, 3.63) is 0 Å². The average Bonchev–Trinajstić information content (AvgIpc) is 2.61. The molecule has 0 bridgehead atoms. The fourth-order valence-corrected chi connectivity index (χ4v) is 5.66. The van der Waals surface area contributed by atoms with Gasteiger partial charge in [-0.3, -0.25) is 0 Å². The first-order valence-electron chi connectivity index (χ1n) is 9.22. The summed E-state index contributed by atoms with van der Waals surface area (Å²) in [4.78, 5) is 0. The van der Waals surface area contributed by atoms with Gasteiger partial charge in [0.15, 0.2) is 0 Å². The van der Waals surface area contributed by atoms with Gasteiger partial charge in [0.25, 0.3) is 0 Å². The van der Waals surface area contributed by atoms with E-state index in [1.54, 1.807) is 0 Å². The zero-order valence-corrected chi connectivity index (χ0v) is 18.7. The number of terminal acetylenes is 1. The molecule has 0 heterocycles. The minimum absolute atomic E-state index is 0.0674. The minimum Gasteiger partial charge on any atom is -0.380 e. The van der Waals surface area contributed by atoms with E-state index in [0.717, 1.165) is 12.7 Å². The second-order valence-electron chi connectivity index (χ2n) is 6.83. The van der Waals surface area contributed by atoms with Crippen LogP contribution in [0.2, 0.25) is 0 Å². The fourth-order valence-electron chi connectivity index (χ4n) is 2.91. The van der Waals surface area contributed by atoms with E-state index in [1.165, 1.54) is 0 Å². The highest BCUT2D eigenvalue weighted by atomic mass is 35.5. The maximum absolute atomic E-state index is 12.5. The molecule has 160 valence electrons. The lowest BCUT2D eigenvalue weighted by molar-refractivity contribution is 0.112. The van der Waals surface area contributed by atoms with Crippen LogP contribution in [0.15, 0.2) is 0 Å². The molecule has 0 amide bonds. The van der Waals surface area contributed by atoms with Crippen LogP contribution in [-0.2, 0) is 24.8 Å². The molecular weight excluding hydrogens is 424 g/mol. The molecule has 1 aliphatic rings. The lowest BCUT2D eigenvalue weighted by Crippen LogP contribution is -2.49. The van der Waals surface area contributed by atoms with Gasteiger partial charge >= 0.3 is 0 Å². The van der Waals surface area contributed by atoms with Crippen molar-refractivity contribution in [3.63, 3.8) is 0 Å². The average molecular weight is 453 g/mol. The van der Waals surface area contributed by atoms with Crippen LogP contribution in [0.3, 0.4) is 0 Å². The molecule has 10 heteroatoms. The van der Waals surface area contributed by atoms with Gasteiger partial charge in [-0.05, 0) is 43.9 Å². The van der Waals surface area contributed by atoms with Crippen LogP contribution in [0.5, 0.6) is 0 Å². The lowest BCUT2D eigenvalue weighted by Gasteiger charge is -2.32. The van der Waals surface area contributed by atoms with Crippen molar-refractivity contribution in [2.75, 3.05) is 26.0 Å². The minimum atomic E-state index is -3.56. The standard InChI is InChI=1S/C18H29ClN2O5S2/c1-4-6-8-15(5-2)14-26-12-7-11-20-28(24,25)16-9-10-17(19)18(13-16)21-27(3,22)23/h1,15-18,20-21H,5,7,9-14H2,2-3H3. The van der Waals surface area contributed by atoms with Crippen LogP contribution in [0.1, 0.15) is 39.0 Å². The molecular formula is C18H29ClN2O5S2. The highest BCUT2D eigenvalue weighted by Crippen LogP contribution is 2.28. The zero-order valence-electron chi connectivity index (χ0n) is 16.3. The number of halogens is 1. The molecule has 0 radical (unpaired) electrons. The molecule has 0 aliphatic heterocycles. The fraction of sp³-hybridized carbons (Fsp3) is 0.778. The lowest BCUT2D eigenvalue weighted by atomic mass is 9.95. The smallest absolute Gasteiger partial charge is 0.214 e. The summed E-state index contributed by atoms with van der Waals surface area (Å²) in [6.45, 7) is 3.11. The number of sulfonamides is 2. The molecule has 0 spiro atoms. The quantitative estimate of drug-likeness (QED) is 0.277. The third-order valence-electron chi connectivity index (χ3n) is 4.45. The van der Waals surface area contributed by atoms with Gasteiger partial charge in [0.05, 0.1) is 23.5 Å². The summed E-state index contributed by atoms with van der Waals surface area (Å²) in [6.07, 6.45) is 8.47. The first-order valence-corrected chi connectivity index (χ1v) is 13.1. The molecule has 1 rings (SSSR count). The maximum Gasteiger partial charge on any atom is 0.214 e. The van der Waals surface area contributed by atoms with Gasteiger partial charge in [0.2, 0.25) is 20.0 Å². The van der Waals surface area contributed by atoms with E-state index in [0.29, 0.717) is 32.5 Å². The Balaban J connectivity index is 2.40. The van der Waals surface area contributed by atoms with Crippen LogP contribution in [0.25, 0.3) is 0 Å². The first kappa shape index (κ1) is 25.2. The SMILES string of the molecule is C#CC#CC(CC)COCCCNS(=O)(=O)C1CCC(Cl)C(NS(C)(=O)=O)C1. The van der Waals surface area contributed by atoms with Crippen molar-refractivity contribution >= 4 is 31.6 Å². The predicted octanol–water partition coefficient (Wildman–Crippen LogP) is 1.05. The summed E-state index contributed by atoms with van der Waals surface area (Å²) in [7, 11) is -7.01. The number of rotatable bonds is 11. The molecule has 4 atom stereocenters. The van der Waals surface area contributed by atoms with Crippen molar-refractivity contribution in [1.29, 1.82) is 0 Å². The Kier molecular flexibility index (Phi) is 10.8. The van der Waals surface area contributed by atoms with Gasteiger partial charge < -0.3 is 4.74 Å². The zero-order chi connectivity index (χ0) is 21.2. The third-order valence-corrected chi connectivity index (χ3v) is 7.62. The van der Waals surface area contributed by atoms with E-state index in [2.05, 4.69) is 27.2 Å². The van der Waals surface area contributed by atoms with Crippen LogP contribution in [0.4, 0.5) is 0 Å². The molecule has 4 unspecified atom stereocenters. The normalized spacial score (nSPS) is 24.0. The summed E-state index contributed by atoms with van der Waals surface area (Å²) < 4.78 is 58.4. The second kappa shape index (κ2) is 12.0. The molecule has 28 heavy (non-hydrogen) atoms. The number of ether oxygens (including phenoxy) is 1. The Morgan fingerprint density at radius 3 is 2.61 bits per heavy atom. The Morgan fingerprint density at radius 1 is 1.29 bits per heavy atom. The summed E-state index contributed by atoms with van der Waals surface area (Å²) in [6, 6.07) is -0.592. The molecule has 2 N–H and O–H groups in total. The first-order chi connectivity index (χ1) is 13.1. The van der Waals surface area contributed by atoms with Gasteiger partial charge in [-0.25, -0.2) is 26.3 Å². The largest absolute Gasteiger partial charge is 0.380 e. The van der Waals surface area contributed by atoms with Crippen LogP contribution in [-0.4, -0.2) is 59.5 Å². The molecule has 0 saturated heterocycles. The summed E-state index contributed by atoms with van der Waals surface area (Å²) in [5, 5.41) is -1.09. The van der Waals surface area contributed by atoms with E-state index in [4.69, 9.17) is 22.8 Å². The van der Waals surface area contributed by atoms with Crippen molar-refractivity contribution in [1.82, 2.24) is 9.44 Å². The van der Waals surface area contributed by atoms with Gasteiger partial charge in [0, 0.05) is 25.1 Å². The Labute approximate surface area is 174 Å².